The maximum atomic E-state index is 12.4. The summed E-state index contributed by atoms with van der Waals surface area (Å²) >= 11 is 13.3. The number of amides is 1. The molecule has 0 aliphatic heterocycles. The summed E-state index contributed by atoms with van der Waals surface area (Å²) in [6.07, 6.45) is 0. The SMILES string of the molecule is Cc1ccc(OCc2csc(C(=O)Nc3cc(Cl)cc(Cl)c3)c2)cc1C. The Morgan fingerprint density at radius 2 is 1.77 bits per heavy atom. The van der Waals surface area contributed by atoms with E-state index in [-0.39, 0.29) is 5.91 Å². The normalized spacial score (nSPS) is 10.6. The number of rotatable bonds is 5. The van der Waals surface area contributed by atoms with E-state index in [0.717, 1.165) is 11.3 Å². The highest BCUT2D eigenvalue weighted by atomic mass is 35.5. The molecule has 0 unspecified atom stereocenters. The third-order valence-electron chi connectivity index (χ3n) is 3.88. The Morgan fingerprint density at radius 3 is 2.46 bits per heavy atom. The molecule has 0 saturated carbocycles. The fourth-order valence-electron chi connectivity index (χ4n) is 2.36. The second-order valence-corrected chi connectivity index (χ2v) is 7.75. The van der Waals surface area contributed by atoms with Crippen LogP contribution in [-0.2, 0) is 6.61 Å². The summed E-state index contributed by atoms with van der Waals surface area (Å²) in [7, 11) is 0. The molecule has 0 fully saturated rings. The largest absolute Gasteiger partial charge is 0.489 e. The van der Waals surface area contributed by atoms with Gasteiger partial charge in [0.2, 0.25) is 0 Å². The standard InChI is InChI=1S/C20H17Cl2NO2S/c1-12-3-4-18(5-13(12)2)25-10-14-6-19(26-11-14)20(24)23-17-8-15(21)7-16(22)9-17/h3-9,11H,10H2,1-2H3,(H,23,24). The summed E-state index contributed by atoms with van der Waals surface area (Å²) in [4.78, 5) is 13.0. The minimum absolute atomic E-state index is 0.203. The number of aryl methyl sites for hydroxylation is 2. The lowest BCUT2D eigenvalue weighted by molar-refractivity contribution is 0.103. The van der Waals surface area contributed by atoms with Gasteiger partial charge in [-0.25, -0.2) is 0 Å². The van der Waals surface area contributed by atoms with Crippen molar-refractivity contribution in [3.05, 3.63) is 79.5 Å². The third kappa shape index (κ3) is 4.79. The van der Waals surface area contributed by atoms with Gasteiger partial charge >= 0.3 is 0 Å². The minimum Gasteiger partial charge on any atom is -0.489 e. The lowest BCUT2D eigenvalue weighted by atomic mass is 10.1. The van der Waals surface area contributed by atoms with Crippen LogP contribution in [0.25, 0.3) is 0 Å². The van der Waals surface area contributed by atoms with Crippen LogP contribution in [-0.4, -0.2) is 5.91 Å². The molecule has 134 valence electrons. The van der Waals surface area contributed by atoms with Crippen LogP contribution < -0.4 is 10.1 Å². The number of carbonyl (C=O) groups is 1. The molecule has 1 N–H and O–H groups in total. The Morgan fingerprint density at radius 1 is 1.04 bits per heavy atom. The van der Waals surface area contributed by atoms with Crippen LogP contribution >= 0.6 is 34.5 Å². The summed E-state index contributed by atoms with van der Waals surface area (Å²) in [5, 5.41) is 5.67. The average molecular weight is 406 g/mol. The van der Waals surface area contributed by atoms with E-state index in [0.29, 0.717) is 27.2 Å². The van der Waals surface area contributed by atoms with Crippen molar-refractivity contribution >= 4 is 46.1 Å². The van der Waals surface area contributed by atoms with Crippen LogP contribution in [0.4, 0.5) is 5.69 Å². The second kappa shape index (κ2) is 8.12. The maximum Gasteiger partial charge on any atom is 0.265 e. The van der Waals surface area contributed by atoms with E-state index in [9.17, 15) is 4.79 Å². The number of thiophene rings is 1. The van der Waals surface area contributed by atoms with Crippen molar-refractivity contribution in [1.29, 1.82) is 0 Å². The van der Waals surface area contributed by atoms with Crippen molar-refractivity contribution in [3.63, 3.8) is 0 Å². The van der Waals surface area contributed by atoms with Crippen molar-refractivity contribution in [2.75, 3.05) is 5.32 Å². The molecule has 3 aromatic rings. The van der Waals surface area contributed by atoms with Crippen molar-refractivity contribution in [2.24, 2.45) is 0 Å². The van der Waals surface area contributed by atoms with E-state index in [4.69, 9.17) is 27.9 Å². The van der Waals surface area contributed by atoms with Gasteiger partial charge in [0.05, 0.1) is 4.88 Å². The molecule has 6 heteroatoms. The third-order valence-corrected chi connectivity index (χ3v) is 5.30. The van der Waals surface area contributed by atoms with Crippen molar-refractivity contribution in [3.8, 4) is 5.75 Å². The number of hydrogen-bond donors (Lipinski definition) is 1. The first-order valence-electron chi connectivity index (χ1n) is 7.95. The topological polar surface area (TPSA) is 38.3 Å². The maximum absolute atomic E-state index is 12.4. The molecule has 2 aromatic carbocycles. The summed E-state index contributed by atoms with van der Waals surface area (Å²) in [6, 6.07) is 12.8. The monoisotopic (exact) mass is 405 g/mol. The van der Waals surface area contributed by atoms with Crippen molar-refractivity contribution < 1.29 is 9.53 Å². The molecule has 1 amide bonds. The lowest BCUT2D eigenvalue weighted by Crippen LogP contribution is -2.10. The number of hydrogen-bond acceptors (Lipinski definition) is 3. The molecule has 1 aromatic heterocycles. The number of halogens is 2. The van der Waals surface area contributed by atoms with Gasteiger partial charge in [-0.2, -0.15) is 0 Å². The van der Waals surface area contributed by atoms with Crippen LogP contribution in [0.1, 0.15) is 26.4 Å². The van der Waals surface area contributed by atoms with Gasteiger partial charge in [-0.15, -0.1) is 11.3 Å². The molecule has 0 aliphatic carbocycles. The molecule has 0 spiro atoms. The minimum atomic E-state index is -0.203. The molecule has 1 heterocycles. The van der Waals surface area contributed by atoms with Gasteiger partial charge in [0, 0.05) is 21.3 Å². The first-order valence-corrected chi connectivity index (χ1v) is 9.59. The van der Waals surface area contributed by atoms with Crippen LogP contribution in [0.5, 0.6) is 5.75 Å². The van der Waals surface area contributed by atoms with Crippen LogP contribution in [0.15, 0.2) is 47.8 Å². The van der Waals surface area contributed by atoms with Crippen LogP contribution in [0.2, 0.25) is 10.0 Å². The molecule has 0 aliphatic rings. The van der Waals surface area contributed by atoms with Gasteiger partial charge < -0.3 is 10.1 Å². The average Bonchev–Trinajstić information content (AvgIpc) is 3.04. The first-order chi connectivity index (χ1) is 12.4. The van der Waals surface area contributed by atoms with E-state index in [1.807, 2.05) is 29.6 Å². The number of anilines is 1. The highest BCUT2D eigenvalue weighted by molar-refractivity contribution is 7.12. The van der Waals surface area contributed by atoms with Crippen LogP contribution in [0, 0.1) is 13.8 Å². The van der Waals surface area contributed by atoms with Crippen LogP contribution in [0.3, 0.4) is 0 Å². The molecule has 26 heavy (non-hydrogen) atoms. The number of nitrogens with one attached hydrogen (secondary N) is 1. The Balaban J connectivity index is 1.63. The molecule has 0 bridgehead atoms. The smallest absolute Gasteiger partial charge is 0.265 e. The Bertz CT molecular complexity index is 932. The highest BCUT2D eigenvalue weighted by Gasteiger charge is 2.11. The molecular weight excluding hydrogens is 389 g/mol. The van der Waals surface area contributed by atoms with Gasteiger partial charge in [-0.3, -0.25) is 4.79 Å². The summed E-state index contributed by atoms with van der Waals surface area (Å²) in [5.74, 6) is 0.615. The summed E-state index contributed by atoms with van der Waals surface area (Å²) < 4.78 is 5.81. The predicted octanol–water partition coefficient (Wildman–Crippen LogP) is 6.50. The molecule has 0 radical (unpaired) electrons. The number of carbonyl (C=O) groups excluding carboxylic acids is 1. The van der Waals surface area contributed by atoms with E-state index in [1.54, 1.807) is 18.2 Å². The molecule has 0 saturated heterocycles. The Kier molecular flexibility index (Phi) is 5.87. The zero-order valence-electron chi connectivity index (χ0n) is 14.3. The number of ether oxygens (including phenoxy) is 1. The molecule has 3 nitrogen and oxygen atoms in total. The quantitative estimate of drug-likeness (QED) is 0.525. The van der Waals surface area contributed by atoms with Crippen molar-refractivity contribution in [2.45, 2.75) is 20.5 Å². The summed E-state index contributed by atoms with van der Waals surface area (Å²) in [5.41, 5.74) is 3.93. The second-order valence-electron chi connectivity index (χ2n) is 5.97. The predicted molar refractivity (Wildman–Crippen MR) is 109 cm³/mol. The lowest BCUT2D eigenvalue weighted by Gasteiger charge is -2.07. The number of benzene rings is 2. The van der Waals surface area contributed by atoms with E-state index in [2.05, 4.69) is 19.2 Å². The highest BCUT2D eigenvalue weighted by Crippen LogP contribution is 2.24. The summed E-state index contributed by atoms with van der Waals surface area (Å²) in [6.45, 7) is 4.53. The Labute approximate surface area is 166 Å². The van der Waals surface area contributed by atoms with Gasteiger partial charge in [0.1, 0.15) is 12.4 Å². The van der Waals surface area contributed by atoms with Gasteiger partial charge in [0.15, 0.2) is 0 Å². The first kappa shape index (κ1) is 18.8. The van der Waals surface area contributed by atoms with Crippen molar-refractivity contribution in [1.82, 2.24) is 0 Å². The van der Waals surface area contributed by atoms with E-state index < -0.39 is 0 Å². The zero-order valence-corrected chi connectivity index (χ0v) is 16.6. The van der Waals surface area contributed by atoms with E-state index >= 15 is 0 Å². The van der Waals surface area contributed by atoms with Gasteiger partial charge in [-0.1, -0.05) is 29.3 Å². The fraction of sp³-hybridized carbons (Fsp3) is 0.150. The molecular formula is C20H17Cl2NO2S. The van der Waals surface area contributed by atoms with Gasteiger partial charge in [-0.05, 0) is 66.8 Å². The fourth-order valence-corrected chi connectivity index (χ4v) is 3.68. The zero-order chi connectivity index (χ0) is 18.7. The van der Waals surface area contributed by atoms with E-state index in [1.165, 1.54) is 22.5 Å². The van der Waals surface area contributed by atoms with Gasteiger partial charge in [0.25, 0.3) is 5.91 Å². The molecule has 3 rings (SSSR count). The molecule has 0 atom stereocenters. The Hall–Kier alpha value is -2.01.